The highest BCUT2D eigenvalue weighted by Gasteiger charge is 2.42. The minimum Gasteiger partial charge on any atom is -0.466 e. The molecule has 0 atom stereocenters. The highest BCUT2D eigenvalue weighted by molar-refractivity contribution is 14.1. The summed E-state index contributed by atoms with van der Waals surface area (Å²) in [5.74, 6) is -0.158. The second kappa shape index (κ2) is 4.70. The van der Waals surface area contributed by atoms with E-state index in [2.05, 4.69) is 33.0 Å². The van der Waals surface area contributed by atoms with Crippen molar-refractivity contribution in [1.82, 2.24) is 15.1 Å². The summed E-state index contributed by atoms with van der Waals surface area (Å²) >= 11 is 2.21. The Kier molecular flexibility index (Phi) is 3.48. The number of carbonyl (C=O) groups excluding carboxylic acids is 1. The first-order valence-electron chi connectivity index (χ1n) is 5.23. The van der Waals surface area contributed by atoms with Crippen LogP contribution in [0.15, 0.2) is 12.4 Å². The minimum atomic E-state index is -0.227. The maximum absolute atomic E-state index is 11.5. The van der Waals surface area contributed by atoms with Gasteiger partial charge in [0.25, 0.3) is 0 Å². The third-order valence-corrected chi connectivity index (χ3v) is 3.28. The van der Waals surface area contributed by atoms with Crippen LogP contribution in [0.4, 0.5) is 0 Å². The number of hydrogen-bond acceptors (Lipinski definition) is 4. The summed E-state index contributed by atoms with van der Waals surface area (Å²) in [5, 5.41) is 7.47. The third kappa shape index (κ3) is 2.22. The maximum Gasteiger partial charge on any atom is 0.308 e. The predicted molar refractivity (Wildman–Crippen MR) is 67.0 cm³/mol. The highest BCUT2D eigenvalue weighted by atomic mass is 127. The monoisotopic (exact) mass is 335 g/mol. The molecule has 1 aliphatic rings. The molecule has 0 aliphatic carbocycles. The molecule has 5 nitrogen and oxygen atoms in total. The van der Waals surface area contributed by atoms with Crippen LogP contribution >= 0.6 is 22.6 Å². The average Bonchev–Trinajstić information content (AvgIpc) is 2.59. The second-order valence-electron chi connectivity index (χ2n) is 3.91. The number of rotatable bonds is 4. The van der Waals surface area contributed by atoms with Gasteiger partial charge in [0, 0.05) is 19.3 Å². The molecule has 88 valence electrons. The summed E-state index contributed by atoms with van der Waals surface area (Å²) < 4.78 is 7.95. The van der Waals surface area contributed by atoms with E-state index in [9.17, 15) is 4.79 Å². The molecule has 2 heterocycles. The fourth-order valence-electron chi connectivity index (χ4n) is 1.82. The van der Waals surface area contributed by atoms with E-state index in [-0.39, 0.29) is 11.5 Å². The molecule has 1 N–H and O–H groups in total. The first-order chi connectivity index (χ1) is 7.66. The van der Waals surface area contributed by atoms with Crippen molar-refractivity contribution in [1.29, 1.82) is 0 Å². The molecule has 0 radical (unpaired) electrons. The van der Waals surface area contributed by atoms with Crippen molar-refractivity contribution in [2.75, 3.05) is 19.7 Å². The van der Waals surface area contributed by atoms with Crippen LogP contribution in [0, 0.1) is 3.57 Å². The Morgan fingerprint density at radius 2 is 2.50 bits per heavy atom. The molecule has 0 unspecified atom stereocenters. The Morgan fingerprint density at radius 1 is 1.75 bits per heavy atom. The van der Waals surface area contributed by atoms with Gasteiger partial charge < -0.3 is 10.1 Å². The number of ether oxygens (including phenoxy) is 1. The molecule has 0 amide bonds. The normalized spacial score (nSPS) is 17.9. The first kappa shape index (κ1) is 11.8. The molecule has 1 fully saturated rings. The lowest BCUT2D eigenvalue weighted by Gasteiger charge is -2.42. The molecule has 1 aliphatic heterocycles. The minimum absolute atomic E-state index is 0.158. The second-order valence-corrected chi connectivity index (χ2v) is 5.16. The Morgan fingerprint density at radius 3 is 2.94 bits per heavy atom. The molecule has 0 bridgehead atoms. The fraction of sp³-hybridized carbons (Fsp3) is 0.600. The Bertz CT molecular complexity index is 387. The van der Waals surface area contributed by atoms with Crippen molar-refractivity contribution in [2.45, 2.75) is 18.9 Å². The van der Waals surface area contributed by atoms with Gasteiger partial charge in [0.15, 0.2) is 0 Å². The maximum atomic E-state index is 11.5. The first-order valence-corrected chi connectivity index (χ1v) is 6.31. The molecule has 16 heavy (non-hydrogen) atoms. The molecule has 1 aromatic heterocycles. The van der Waals surface area contributed by atoms with E-state index in [1.807, 2.05) is 17.8 Å². The summed E-state index contributed by atoms with van der Waals surface area (Å²) in [7, 11) is 0. The van der Waals surface area contributed by atoms with Crippen LogP contribution in [0.2, 0.25) is 0 Å². The van der Waals surface area contributed by atoms with Gasteiger partial charge in [0.05, 0.1) is 28.3 Å². The largest absolute Gasteiger partial charge is 0.466 e. The van der Waals surface area contributed by atoms with Gasteiger partial charge in [0.2, 0.25) is 0 Å². The number of nitrogens with one attached hydrogen (secondary N) is 1. The van der Waals surface area contributed by atoms with Gasteiger partial charge in [-0.25, -0.2) is 0 Å². The fourth-order valence-corrected chi connectivity index (χ4v) is 2.21. The van der Waals surface area contributed by atoms with Crippen LogP contribution in [0.1, 0.15) is 13.3 Å². The van der Waals surface area contributed by atoms with Gasteiger partial charge in [-0.15, -0.1) is 0 Å². The Balaban J connectivity index is 2.11. The van der Waals surface area contributed by atoms with E-state index in [1.165, 1.54) is 0 Å². The van der Waals surface area contributed by atoms with Crippen molar-refractivity contribution < 1.29 is 9.53 Å². The lowest BCUT2D eigenvalue weighted by molar-refractivity contribution is -0.146. The molecule has 0 spiro atoms. The van der Waals surface area contributed by atoms with Gasteiger partial charge >= 0.3 is 5.97 Å². The van der Waals surface area contributed by atoms with Crippen LogP contribution in [-0.2, 0) is 15.1 Å². The van der Waals surface area contributed by atoms with Crippen molar-refractivity contribution in [3.8, 4) is 0 Å². The lowest BCUT2D eigenvalue weighted by Crippen LogP contribution is -2.61. The number of hydrogen-bond donors (Lipinski definition) is 1. The van der Waals surface area contributed by atoms with Gasteiger partial charge in [-0.05, 0) is 29.5 Å². The van der Waals surface area contributed by atoms with Crippen molar-refractivity contribution in [3.63, 3.8) is 0 Å². The summed E-state index contributed by atoms with van der Waals surface area (Å²) in [6.07, 6.45) is 4.14. The smallest absolute Gasteiger partial charge is 0.308 e. The van der Waals surface area contributed by atoms with E-state index in [0.29, 0.717) is 13.0 Å². The van der Waals surface area contributed by atoms with Gasteiger partial charge in [-0.1, -0.05) is 0 Å². The summed E-state index contributed by atoms with van der Waals surface area (Å²) in [4.78, 5) is 11.5. The molecule has 1 aromatic rings. The standard InChI is InChI=1S/C10H14IN3O2/c1-2-16-9(15)3-10(6-12-7-10)14-5-8(11)4-13-14/h4-5,12H,2-3,6-7H2,1H3. The number of nitrogens with zero attached hydrogens (tertiary/aromatic N) is 2. The highest BCUT2D eigenvalue weighted by Crippen LogP contribution is 2.26. The SMILES string of the molecule is CCOC(=O)CC1(n2cc(I)cn2)CNC1. The molecule has 6 heteroatoms. The molecule has 1 saturated heterocycles. The number of esters is 1. The molecule has 2 rings (SSSR count). The van der Waals surface area contributed by atoms with E-state index in [0.717, 1.165) is 16.7 Å². The van der Waals surface area contributed by atoms with Crippen LogP contribution in [0.3, 0.4) is 0 Å². The van der Waals surface area contributed by atoms with Crippen LogP contribution < -0.4 is 5.32 Å². The Labute approximate surface area is 108 Å². The molecule has 0 aromatic carbocycles. The van der Waals surface area contributed by atoms with Crippen molar-refractivity contribution in [3.05, 3.63) is 16.0 Å². The molecular weight excluding hydrogens is 321 g/mol. The third-order valence-electron chi connectivity index (χ3n) is 2.72. The van der Waals surface area contributed by atoms with Crippen LogP contribution in [0.5, 0.6) is 0 Å². The molecule has 0 saturated carbocycles. The van der Waals surface area contributed by atoms with Gasteiger partial charge in [-0.2, -0.15) is 5.10 Å². The van der Waals surface area contributed by atoms with E-state index in [4.69, 9.17) is 4.74 Å². The van der Waals surface area contributed by atoms with Crippen molar-refractivity contribution >= 4 is 28.6 Å². The van der Waals surface area contributed by atoms with E-state index < -0.39 is 0 Å². The van der Waals surface area contributed by atoms with Crippen LogP contribution in [0.25, 0.3) is 0 Å². The summed E-state index contributed by atoms with van der Waals surface area (Å²) in [6.45, 7) is 3.78. The zero-order valence-corrected chi connectivity index (χ0v) is 11.2. The van der Waals surface area contributed by atoms with Gasteiger partial charge in [-0.3, -0.25) is 9.48 Å². The number of carbonyl (C=O) groups is 1. The predicted octanol–water partition coefficient (Wildman–Crippen LogP) is 0.739. The number of aromatic nitrogens is 2. The van der Waals surface area contributed by atoms with Crippen molar-refractivity contribution in [2.24, 2.45) is 0 Å². The van der Waals surface area contributed by atoms with Gasteiger partial charge in [0.1, 0.15) is 0 Å². The summed E-state index contributed by atoms with van der Waals surface area (Å²) in [6, 6.07) is 0. The Hall–Kier alpha value is -0.630. The zero-order valence-electron chi connectivity index (χ0n) is 9.07. The number of halogens is 1. The topological polar surface area (TPSA) is 56.2 Å². The average molecular weight is 335 g/mol. The van der Waals surface area contributed by atoms with E-state index >= 15 is 0 Å². The lowest BCUT2D eigenvalue weighted by atomic mass is 9.89. The van der Waals surface area contributed by atoms with Crippen LogP contribution in [-0.4, -0.2) is 35.4 Å². The molecular formula is C10H14IN3O2. The van der Waals surface area contributed by atoms with E-state index in [1.54, 1.807) is 6.20 Å². The quantitative estimate of drug-likeness (QED) is 0.651. The zero-order chi connectivity index (χ0) is 11.6. The summed E-state index contributed by atoms with van der Waals surface area (Å²) in [5.41, 5.74) is -0.227.